The number of thiophene rings is 1. The molecule has 0 spiro atoms. The fourth-order valence-electron chi connectivity index (χ4n) is 1.52. The molecule has 2 N–H and O–H groups in total. The van der Waals surface area contributed by atoms with E-state index in [9.17, 15) is 0 Å². The highest BCUT2D eigenvalue weighted by Crippen LogP contribution is 2.30. The van der Waals surface area contributed by atoms with Crippen LogP contribution in [0, 0.1) is 0 Å². The second-order valence-electron chi connectivity index (χ2n) is 3.42. The van der Waals surface area contributed by atoms with Gasteiger partial charge in [0.25, 0.3) is 0 Å². The molecule has 2 nitrogen and oxygen atoms in total. The van der Waals surface area contributed by atoms with Gasteiger partial charge >= 0.3 is 0 Å². The lowest BCUT2D eigenvalue weighted by Gasteiger charge is -2.13. The SMILES string of the molecule is COc1ccc(Br)c([C@H](N)c2ccsc2)c1.Cl. The molecule has 0 saturated heterocycles. The Balaban J connectivity index is 0.00000144. The minimum atomic E-state index is -0.115. The lowest BCUT2D eigenvalue weighted by atomic mass is 10.0. The summed E-state index contributed by atoms with van der Waals surface area (Å²) in [6, 6.07) is 7.76. The third-order valence-corrected chi connectivity index (χ3v) is 3.86. The largest absolute Gasteiger partial charge is 0.497 e. The van der Waals surface area contributed by atoms with Crippen LogP contribution >= 0.6 is 39.7 Å². The molecule has 0 unspecified atom stereocenters. The number of hydrogen-bond acceptors (Lipinski definition) is 3. The number of benzene rings is 1. The van der Waals surface area contributed by atoms with E-state index in [2.05, 4.69) is 21.3 Å². The summed E-state index contributed by atoms with van der Waals surface area (Å²) < 4.78 is 6.21. The summed E-state index contributed by atoms with van der Waals surface area (Å²) >= 11 is 5.17. The van der Waals surface area contributed by atoms with Gasteiger partial charge in [-0.1, -0.05) is 15.9 Å². The van der Waals surface area contributed by atoms with Gasteiger partial charge in [-0.3, -0.25) is 0 Å². The maximum Gasteiger partial charge on any atom is 0.119 e. The summed E-state index contributed by atoms with van der Waals surface area (Å²) in [5.74, 6) is 0.823. The number of ether oxygens (including phenoxy) is 1. The first-order valence-corrected chi connectivity index (χ1v) is 6.57. The molecule has 0 fully saturated rings. The lowest BCUT2D eigenvalue weighted by Crippen LogP contribution is -2.11. The van der Waals surface area contributed by atoms with E-state index in [1.54, 1.807) is 18.4 Å². The van der Waals surface area contributed by atoms with Gasteiger partial charge in [-0.25, -0.2) is 0 Å². The van der Waals surface area contributed by atoms with Gasteiger partial charge in [-0.15, -0.1) is 12.4 Å². The molecule has 0 aliphatic carbocycles. The highest BCUT2D eigenvalue weighted by atomic mass is 79.9. The van der Waals surface area contributed by atoms with Crippen molar-refractivity contribution in [1.29, 1.82) is 0 Å². The summed E-state index contributed by atoms with van der Waals surface area (Å²) in [5, 5.41) is 4.10. The van der Waals surface area contributed by atoms with Crippen molar-refractivity contribution in [2.24, 2.45) is 5.73 Å². The molecule has 2 aromatic rings. The first kappa shape index (κ1) is 14.5. The van der Waals surface area contributed by atoms with E-state index in [0.29, 0.717) is 0 Å². The molecule has 0 aliphatic rings. The van der Waals surface area contributed by atoms with E-state index in [1.165, 1.54) is 0 Å². The van der Waals surface area contributed by atoms with Crippen molar-refractivity contribution in [3.05, 3.63) is 50.6 Å². The van der Waals surface area contributed by atoms with Crippen molar-refractivity contribution in [1.82, 2.24) is 0 Å². The van der Waals surface area contributed by atoms with E-state index in [4.69, 9.17) is 10.5 Å². The van der Waals surface area contributed by atoms with Crippen LogP contribution in [0.1, 0.15) is 17.2 Å². The van der Waals surface area contributed by atoms with Gasteiger partial charge in [0.05, 0.1) is 13.2 Å². The van der Waals surface area contributed by atoms with Crippen molar-refractivity contribution in [2.75, 3.05) is 7.11 Å². The smallest absolute Gasteiger partial charge is 0.119 e. The van der Waals surface area contributed by atoms with Crippen molar-refractivity contribution >= 4 is 39.7 Å². The van der Waals surface area contributed by atoms with Crippen LogP contribution in [0.3, 0.4) is 0 Å². The van der Waals surface area contributed by atoms with Crippen LogP contribution in [0.25, 0.3) is 0 Å². The molecule has 0 saturated carbocycles. The van der Waals surface area contributed by atoms with Crippen molar-refractivity contribution in [2.45, 2.75) is 6.04 Å². The lowest BCUT2D eigenvalue weighted by molar-refractivity contribution is 0.414. The van der Waals surface area contributed by atoms with E-state index in [-0.39, 0.29) is 18.4 Å². The predicted molar refractivity (Wildman–Crippen MR) is 78.3 cm³/mol. The topological polar surface area (TPSA) is 35.2 Å². The molecule has 1 aromatic carbocycles. The second kappa shape index (κ2) is 6.40. The van der Waals surface area contributed by atoms with E-state index < -0.39 is 0 Å². The molecule has 5 heteroatoms. The van der Waals surface area contributed by atoms with E-state index in [1.807, 2.05) is 29.6 Å². The van der Waals surface area contributed by atoms with Crippen LogP contribution in [-0.2, 0) is 0 Å². The molecule has 1 atom stereocenters. The van der Waals surface area contributed by atoms with E-state index >= 15 is 0 Å². The second-order valence-corrected chi connectivity index (χ2v) is 5.06. The van der Waals surface area contributed by atoms with Crippen LogP contribution in [0.2, 0.25) is 0 Å². The number of methoxy groups -OCH3 is 1. The third kappa shape index (κ3) is 3.22. The van der Waals surface area contributed by atoms with Gasteiger partial charge in [-0.05, 0) is 46.2 Å². The first-order chi connectivity index (χ1) is 7.72. The normalized spacial score (nSPS) is 11.7. The fraction of sp³-hybridized carbons (Fsp3) is 0.167. The van der Waals surface area contributed by atoms with Crippen LogP contribution in [0.5, 0.6) is 5.75 Å². The number of rotatable bonds is 3. The van der Waals surface area contributed by atoms with Crippen LogP contribution in [0.15, 0.2) is 39.5 Å². The number of nitrogens with two attached hydrogens (primary N) is 1. The third-order valence-electron chi connectivity index (χ3n) is 2.44. The predicted octanol–water partition coefficient (Wildman–Crippen LogP) is 3.99. The first-order valence-electron chi connectivity index (χ1n) is 4.83. The number of halogens is 2. The highest BCUT2D eigenvalue weighted by molar-refractivity contribution is 9.10. The summed E-state index contributed by atoms with van der Waals surface area (Å²) in [7, 11) is 1.66. The molecular weight excluding hydrogens is 322 g/mol. The van der Waals surface area contributed by atoms with Crippen molar-refractivity contribution < 1.29 is 4.74 Å². The molecule has 0 aliphatic heterocycles. The number of hydrogen-bond donors (Lipinski definition) is 1. The average molecular weight is 335 g/mol. The fourth-order valence-corrected chi connectivity index (χ4v) is 2.71. The Morgan fingerprint density at radius 2 is 2.12 bits per heavy atom. The van der Waals surface area contributed by atoms with Gasteiger partial charge in [0.1, 0.15) is 5.75 Å². The maximum atomic E-state index is 6.21. The molecule has 1 aromatic heterocycles. The van der Waals surface area contributed by atoms with Gasteiger partial charge in [-0.2, -0.15) is 11.3 Å². The van der Waals surface area contributed by atoms with Gasteiger partial charge in [0.2, 0.25) is 0 Å². The summed E-state index contributed by atoms with van der Waals surface area (Å²) in [4.78, 5) is 0. The maximum absolute atomic E-state index is 6.21. The van der Waals surface area contributed by atoms with Crippen LogP contribution in [-0.4, -0.2) is 7.11 Å². The van der Waals surface area contributed by atoms with Crippen molar-refractivity contribution in [3.8, 4) is 5.75 Å². The van der Waals surface area contributed by atoms with Crippen LogP contribution < -0.4 is 10.5 Å². The Bertz CT molecular complexity index is 475. The molecule has 92 valence electrons. The monoisotopic (exact) mass is 333 g/mol. The zero-order chi connectivity index (χ0) is 11.5. The van der Waals surface area contributed by atoms with Crippen molar-refractivity contribution in [3.63, 3.8) is 0 Å². The summed E-state index contributed by atoms with van der Waals surface area (Å²) in [6.45, 7) is 0. The van der Waals surface area contributed by atoms with Gasteiger partial charge in [0.15, 0.2) is 0 Å². The van der Waals surface area contributed by atoms with Gasteiger partial charge < -0.3 is 10.5 Å². The Kier molecular flexibility index (Phi) is 5.46. The molecule has 1 heterocycles. The molecule has 0 bridgehead atoms. The summed E-state index contributed by atoms with van der Waals surface area (Å²) in [6.07, 6.45) is 0. The molecule has 0 radical (unpaired) electrons. The Morgan fingerprint density at radius 1 is 1.35 bits per heavy atom. The quantitative estimate of drug-likeness (QED) is 0.921. The minimum absolute atomic E-state index is 0. The van der Waals surface area contributed by atoms with Crippen LogP contribution in [0.4, 0.5) is 0 Å². The zero-order valence-corrected chi connectivity index (χ0v) is 12.4. The zero-order valence-electron chi connectivity index (χ0n) is 9.22. The Morgan fingerprint density at radius 3 is 2.71 bits per heavy atom. The van der Waals surface area contributed by atoms with E-state index in [0.717, 1.165) is 21.3 Å². The Hall–Kier alpha value is -0.550. The van der Waals surface area contributed by atoms with Gasteiger partial charge in [0, 0.05) is 4.47 Å². The summed E-state index contributed by atoms with van der Waals surface area (Å²) in [5.41, 5.74) is 8.37. The highest BCUT2D eigenvalue weighted by Gasteiger charge is 2.13. The molecular formula is C12H13BrClNOS. The standard InChI is InChI=1S/C12H12BrNOS.ClH/c1-15-9-2-3-11(13)10(6-9)12(14)8-4-5-16-7-8;/h2-7,12H,14H2,1H3;1H/t12-;/m1./s1. The molecule has 0 amide bonds. The molecule has 17 heavy (non-hydrogen) atoms. The Labute approximate surface area is 119 Å². The average Bonchev–Trinajstić information content (AvgIpc) is 2.82. The molecule has 2 rings (SSSR count). The minimum Gasteiger partial charge on any atom is -0.497 e.